The van der Waals surface area contributed by atoms with Crippen molar-refractivity contribution in [1.29, 1.82) is 0 Å². The number of sulfonamides is 1. The Labute approximate surface area is 149 Å². The summed E-state index contributed by atoms with van der Waals surface area (Å²) < 4.78 is 22.8. The zero-order valence-electron chi connectivity index (χ0n) is 13.3. The molecule has 0 bridgehead atoms. The zero-order chi connectivity index (χ0) is 18.2. The van der Waals surface area contributed by atoms with Gasteiger partial charge < -0.3 is 5.11 Å². The van der Waals surface area contributed by atoms with Crippen molar-refractivity contribution in [2.24, 2.45) is 5.14 Å². The Morgan fingerprint density at radius 1 is 1.00 bits per heavy atom. The van der Waals surface area contributed by atoms with E-state index < -0.39 is 16.0 Å². The summed E-state index contributed by atoms with van der Waals surface area (Å²) in [6.45, 7) is 1.98. The van der Waals surface area contributed by atoms with Gasteiger partial charge in [0.25, 0.3) is 0 Å². The van der Waals surface area contributed by atoms with Gasteiger partial charge in [0, 0.05) is 16.5 Å². The molecule has 25 heavy (non-hydrogen) atoms. The fraction of sp³-hybridized carbons (Fsp3) is 0.0556. The Kier molecular flexibility index (Phi) is 4.47. The maximum atomic E-state index is 11.6. The van der Waals surface area contributed by atoms with Crippen LogP contribution in [-0.4, -0.2) is 19.5 Å². The number of hydrogen-bond donors (Lipinski definition) is 2. The minimum Gasteiger partial charge on any atom is -0.477 e. The lowest BCUT2D eigenvalue weighted by molar-refractivity contribution is 0.0703. The largest absolute Gasteiger partial charge is 0.477 e. The fourth-order valence-corrected chi connectivity index (χ4v) is 4.01. The molecule has 5 nitrogen and oxygen atoms in total. The van der Waals surface area contributed by atoms with Crippen molar-refractivity contribution >= 4 is 27.3 Å². The molecule has 0 radical (unpaired) electrons. The van der Waals surface area contributed by atoms with E-state index in [0.717, 1.165) is 28.0 Å². The Balaban J connectivity index is 2.18. The van der Waals surface area contributed by atoms with Crippen LogP contribution < -0.4 is 5.14 Å². The van der Waals surface area contributed by atoms with E-state index in [1.807, 2.05) is 31.2 Å². The van der Waals surface area contributed by atoms with Gasteiger partial charge in [0.1, 0.15) is 4.88 Å². The van der Waals surface area contributed by atoms with Crippen LogP contribution in [-0.2, 0) is 10.0 Å². The smallest absolute Gasteiger partial charge is 0.346 e. The number of carboxylic acids is 1. The van der Waals surface area contributed by atoms with Crippen molar-refractivity contribution in [3.8, 4) is 22.3 Å². The van der Waals surface area contributed by atoms with E-state index in [4.69, 9.17) is 5.14 Å². The minimum atomic E-state index is -3.80. The van der Waals surface area contributed by atoms with Gasteiger partial charge in [0.05, 0.1) is 4.90 Å². The van der Waals surface area contributed by atoms with Crippen LogP contribution in [0.5, 0.6) is 0 Å². The van der Waals surface area contributed by atoms with Gasteiger partial charge in [-0.25, -0.2) is 18.4 Å². The van der Waals surface area contributed by atoms with Gasteiger partial charge in [0.15, 0.2) is 0 Å². The molecule has 0 aliphatic rings. The molecule has 0 saturated carbocycles. The van der Waals surface area contributed by atoms with Gasteiger partial charge in [-0.2, -0.15) is 0 Å². The molecule has 0 aliphatic carbocycles. The summed E-state index contributed by atoms with van der Waals surface area (Å²) in [5, 5.41) is 16.4. The molecule has 0 aliphatic heterocycles. The van der Waals surface area contributed by atoms with E-state index >= 15 is 0 Å². The molecule has 3 N–H and O–H groups in total. The van der Waals surface area contributed by atoms with Crippen molar-refractivity contribution in [2.45, 2.75) is 11.8 Å². The molecular formula is C18H15NO4S2. The van der Waals surface area contributed by atoms with Crippen LogP contribution in [0.15, 0.2) is 58.8 Å². The molecule has 1 aromatic heterocycles. The van der Waals surface area contributed by atoms with Gasteiger partial charge in [0.2, 0.25) is 10.0 Å². The minimum absolute atomic E-state index is 0.0137. The van der Waals surface area contributed by atoms with E-state index in [-0.39, 0.29) is 9.77 Å². The van der Waals surface area contributed by atoms with E-state index in [1.54, 1.807) is 17.5 Å². The van der Waals surface area contributed by atoms with E-state index in [2.05, 4.69) is 0 Å². The summed E-state index contributed by atoms with van der Waals surface area (Å²) >= 11 is 1.15. The summed E-state index contributed by atoms with van der Waals surface area (Å²) in [6, 6.07) is 13.7. The molecule has 0 amide bonds. The van der Waals surface area contributed by atoms with E-state index in [0.29, 0.717) is 11.1 Å². The first-order valence-corrected chi connectivity index (χ1v) is 9.75. The molecule has 0 saturated heterocycles. The maximum Gasteiger partial charge on any atom is 0.346 e. The number of aryl methyl sites for hydroxylation is 1. The Morgan fingerprint density at radius 2 is 1.56 bits per heavy atom. The highest BCUT2D eigenvalue weighted by Crippen LogP contribution is 2.39. The molecular weight excluding hydrogens is 358 g/mol. The summed E-state index contributed by atoms with van der Waals surface area (Å²) in [6.07, 6.45) is 0. The fourth-order valence-electron chi connectivity index (χ4n) is 2.56. The molecule has 2 aromatic carbocycles. The number of primary sulfonamides is 1. The summed E-state index contributed by atoms with van der Waals surface area (Å²) in [4.78, 5) is 11.8. The van der Waals surface area contributed by atoms with Crippen LogP contribution in [0, 0.1) is 6.92 Å². The number of nitrogens with two attached hydrogens (primary N) is 1. The van der Waals surface area contributed by atoms with Crippen molar-refractivity contribution in [3.05, 3.63) is 64.4 Å². The third kappa shape index (κ3) is 3.48. The van der Waals surface area contributed by atoms with Gasteiger partial charge in [-0.3, -0.25) is 0 Å². The lowest BCUT2D eigenvalue weighted by atomic mass is 9.96. The van der Waals surface area contributed by atoms with Gasteiger partial charge in [-0.15, -0.1) is 11.3 Å². The molecule has 3 rings (SSSR count). The highest BCUT2D eigenvalue weighted by Gasteiger charge is 2.20. The van der Waals surface area contributed by atoms with Gasteiger partial charge >= 0.3 is 5.97 Å². The van der Waals surface area contributed by atoms with Crippen molar-refractivity contribution in [1.82, 2.24) is 0 Å². The third-order valence-corrected chi connectivity index (χ3v) is 5.72. The van der Waals surface area contributed by atoms with E-state index in [1.165, 1.54) is 12.1 Å². The second-order valence-electron chi connectivity index (χ2n) is 5.59. The molecule has 3 aromatic rings. The number of aromatic carboxylic acids is 1. The number of thiophene rings is 1. The summed E-state index contributed by atoms with van der Waals surface area (Å²) in [5.74, 6) is -1.02. The van der Waals surface area contributed by atoms with E-state index in [9.17, 15) is 18.3 Å². The van der Waals surface area contributed by atoms with Crippen LogP contribution in [0.25, 0.3) is 22.3 Å². The molecule has 0 unspecified atom stereocenters. The number of rotatable bonds is 4. The third-order valence-electron chi connectivity index (χ3n) is 3.82. The van der Waals surface area contributed by atoms with Crippen molar-refractivity contribution in [3.63, 3.8) is 0 Å². The first kappa shape index (κ1) is 17.3. The zero-order valence-corrected chi connectivity index (χ0v) is 14.9. The lowest BCUT2D eigenvalue weighted by Crippen LogP contribution is -2.11. The molecule has 7 heteroatoms. The monoisotopic (exact) mass is 373 g/mol. The van der Waals surface area contributed by atoms with Crippen LogP contribution in [0.1, 0.15) is 15.2 Å². The number of carboxylic acid groups (broad SMARTS) is 1. The molecule has 0 atom stereocenters. The quantitative estimate of drug-likeness (QED) is 0.728. The predicted octanol–water partition coefficient (Wildman–Crippen LogP) is 3.74. The Hall–Kier alpha value is -2.48. The van der Waals surface area contributed by atoms with Crippen LogP contribution in [0.2, 0.25) is 0 Å². The van der Waals surface area contributed by atoms with Crippen LogP contribution >= 0.6 is 11.3 Å². The van der Waals surface area contributed by atoms with Gasteiger partial charge in [-0.1, -0.05) is 42.0 Å². The maximum absolute atomic E-state index is 11.6. The topological polar surface area (TPSA) is 97.5 Å². The summed E-state index contributed by atoms with van der Waals surface area (Å²) in [7, 11) is -3.80. The van der Waals surface area contributed by atoms with Gasteiger partial charge in [-0.05, 0) is 30.2 Å². The van der Waals surface area contributed by atoms with Crippen molar-refractivity contribution in [2.75, 3.05) is 0 Å². The molecule has 0 fully saturated rings. The average molecular weight is 373 g/mol. The SMILES string of the molecule is Cc1ccc(-c2csc(C(=O)O)c2-c2ccc(S(N)(=O)=O)cc2)cc1. The van der Waals surface area contributed by atoms with Crippen molar-refractivity contribution < 1.29 is 18.3 Å². The molecule has 1 heterocycles. The Bertz CT molecular complexity index is 1030. The second kappa shape index (κ2) is 6.44. The average Bonchev–Trinajstić information content (AvgIpc) is 3.00. The molecule has 0 spiro atoms. The highest BCUT2D eigenvalue weighted by molar-refractivity contribution is 7.89. The standard InChI is InChI=1S/C18H15NO4S2/c1-11-2-4-12(5-3-11)15-10-24-17(18(20)21)16(15)13-6-8-14(9-7-13)25(19,22)23/h2-10H,1H3,(H,20,21)(H2,19,22,23). The number of benzene rings is 2. The Morgan fingerprint density at radius 3 is 2.08 bits per heavy atom. The first-order valence-electron chi connectivity index (χ1n) is 7.32. The van der Waals surface area contributed by atoms with Crippen LogP contribution in [0.4, 0.5) is 0 Å². The predicted molar refractivity (Wildman–Crippen MR) is 98.3 cm³/mol. The lowest BCUT2D eigenvalue weighted by Gasteiger charge is -2.08. The number of hydrogen-bond acceptors (Lipinski definition) is 4. The normalized spacial score (nSPS) is 11.4. The first-order chi connectivity index (χ1) is 11.8. The van der Waals surface area contributed by atoms with Crippen LogP contribution in [0.3, 0.4) is 0 Å². The highest BCUT2D eigenvalue weighted by atomic mass is 32.2. The second-order valence-corrected chi connectivity index (χ2v) is 8.04. The summed E-state index contributed by atoms with van der Waals surface area (Å²) in [5.41, 5.74) is 4.01. The molecule has 128 valence electrons. The number of carbonyl (C=O) groups is 1.